The molecule has 1 aliphatic heterocycles. The second-order valence-electron chi connectivity index (χ2n) is 6.11. The summed E-state index contributed by atoms with van der Waals surface area (Å²) >= 11 is 17.5. The molecule has 0 amide bonds. The molecule has 152 valence electrons. The zero-order valence-electron chi connectivity index (χ0n) is 15.4. The molecule has 2 aromatic rings. The monoisotopic (exact) mass is 445 g/mol. The van der Waals surface area contributed by atoms with E-state index < -0.39 is 3.79 Å². The van der Waals surface area contributed by atoms with Gasteiger partial charge in [0.1, 0.15) is 5.82 Å². The van der Waals surface area contributed by atoms with Crippen molar-refractivity contribution in [1.82, 2.24) is 4.98 Å². The second kappa shape index (κ2) is 10.7. The third-order valence-corrected chi connectivity index (χ3v) is 4.52. The molecule has 28 heavy (non-hydrogen) atoms. The summed E-state index contributed by atoms with van der Waals surface area (Å²) in [4.78, 5) is 15.1. The lowest BCUT2D eigenvalue weighted by molar-refractivity contribution is -0.122. The van der Waals surface area contributed by atoms with Crippen LogP contribution in [0.5, 0.6) is 0 Å². The van der Waals surface area contributed by atoms with E-state index in [9.17, 15) is 0 Å². The van der Waals surface area contributed by atoms with E-state index in [1.807, 2.05) is 18.3 Å². The van der Waals surface area contributed by atoms with Crippen molar-refractivity contribution in [2.75, 3.05) is 43.1 Å². The molecule has 0 radical (unpaired) electrons. The normalized spacial score (nSPS) is 14.1. The number of rotatable bonds is 4. The first-order valence-corrected chi connectivity index (χ1v) is 9.75. The Balaban J connectivity index is 0.000000878. The summed E-state index contributed by atoms with van der Waals surface area (Å²) in [5.74, 6) is 0.972. The highest BCUT2D eigenvalue weighted by atomic mass is 35.6. The van der Waals surface area contributed by atoms with Crippen LogP contribution >= 0.6 is 34.8 Å². The molecule has 3 rings (SSSR count). The summed E-state index contributed by atoms with van der Waals surface area (Å²) in [5, 5.41) is 10.1. The zero-order chi connectivity index (χ0) is 20.6. The highest BCUT2D eigenvalue weighted by Crippen LogP contribution is 2.30. The molecular weight excluding hydrogens is 425 g/mol. The Labute approximate surface area is 179 Å². The molecule has 6 nitrogen and oxygen atoms in total. The molecule has 1 saturated heterocycles. The molecule has 2 heterocycles. The van der Waals surface area contributed by atoms with Crippen LogP contribution in [0, 0.1) is 6.92 Å². The molecule has 1 aromatic heterocycles. The van der Waals surface area contributed by atoms with E-state index in [0.29, 0.717) is 0 Å². The lowest BCUT2D eigenvalue weighted by atomic mass is 10.0. The van der Waals surface area contributed by atoms with Gasteiger partial charge in [-0.3, -0.25) is 4.79 Å². The van der Waals surface area contributed by atoms with Crippen molar-refractivity contribution in [2.24, 2.45) is 0 Å². The minimum Gasteiger partial charge on any atom is -0.483 e. The second-order valence-corrected chi connectivity index (χ2v) is 8.62. The fraction of sp³-hybridized carbons (Fsp3) is 0.368. The molecule has 1 aliphatic rings. The lowest BCUT2D eigenvalue weighted by Crippen LogP contribution is -2.36. The SMILES string of the molecule is Cc1ccc(NCC(Cl)(Cl)Cl)cc1-c1ccnc(N2CCOCC2)c1.O=CO. The van der Waals surface area contributed by atoms with Crippen molar-refractivity contribution in [3.63, 3.8) is 0 Å². The van der Waals surface area contributed by atoms with E-state index in [2.05, 4.69) is 40.3 Å². The Kier molecular flexibility index (Phi) is 8.63. The third kappa shape index (κ3) is 7.02. The van der Waals surface area contributed by atoms with Gasteiger partial charge in [-0.25, -0.2) is 4.98 Å². The van der Waals surface area contributed by atoms with Crippen LogP contribution in [0.1, 0.15) is 5.56 Å². The fourth-order valence-corrected chi connectivity index (χ4v) is 3.00. The van der Waals surface area contributed by atoms with Crippen LogP contribution in [-0.4, -0.2) is 53.2 Å². The van der Waals surface area contributed by atoms with Crippen LogP contribution in [0.3, 0.4) is 0 Å². The van der Waals surface area contributed by atoms with Gasteiger partial charge in [-0.2, -0.15) is 0 Å². The predicted octanol–water partition coefficient (Wildman–Crippen LogP) is 4.38. The number of anilines is 2. The van der Waals surface area contributed by atoms with E-state index >= 15 is 0 Å². The van der Waals surface area contributed by atoms with Gasteiger partial charge in [0.15, 0.2) is 0 Å². The number of hydrogen-bond acceptors (Lipinski definition) is 5. The molecule has 0 atom stereocenters. The molecule has 1 fully saturated rings. The number of alkyl halides is 3. The molecule has 0 unspecified atom stereocenters. The largest absolute Gasteiger partial charge is 0.483 e. The van der Waals surface area contributed by atoms with Gasteiger partial charge >= 0.3 is 0 Å². The van der Waals surface area contributed by atoms with Gasteiger partial charge in [0.05, 0.1) is 19.8 Å². The summed E-state index contributed by atoms with van der Waals surface area (Å²) in [6.07, 6.45) is 1.85. The number of carboxylic acid groups (broad SMARTS) is 1. The molecular formula is C19H22Cl3N3O3. The first-order valence-electron chi connectivity index (χ1n) is 8.62. The summed E-state index contributed by atoms with van der Waals surface area (Å²) in [5.41, 5.74) is 4.34. The summed E-state index contributed by atoms with van der Waals surface area (Å²) in [6, 6.07) is 10.3. The molecule has 0 aliphatic carbocycles. The smallest absolute Gasteiger partial charge is 0.290 e. The number of benzene rings is 1. The van der Waals surface area contributed by atoms with Crippen LogP contribution in [0.4, 0.5) is 11.5 Å². The molecule has 0 saturated carbocycles. The van der Waals surface area contributed by atoms with Crippen molar-refractivity contribution in [3.8, 4) is 11.1 Å². The van der Waals surface area contributed by atoms with Gasteiger partial charge in [-0.15, -0.1) is 0 Å². The lowest BCUT2D eigenvalue weighted by Gasteiger charge is -2.28. The van der Waals surface area contributed by atoms with Gasteiger partial charge in [-0.1, -0.05) is 40.9 Å². The summed E-state index contributed by atoms with van der Waals surface area (Å²) in [7, 11) is 0. The Morgan fingerprint density at radius 2 is 1.93 bits per heavy atom. The fourth-order valence-electron chi connectivity index (χ4n) is 2.80. The van der Waals surface area contributed by atoms with Crippen LogP contribution in [-0.2, 0) is 9.53 Å². The topological polar surface area (TPSA) is 74.7 Å². The van der Waals surface area contributed by atoms with Crippen LogP contribution in [0.25, 0.3) is 11.1 Å². The Morgan fingerprint density at radius 1 is 1.25 bits per heavy atom. The Bertz CT molecular complexity index is 779. The minimum atomic E-state index is -1.33. The van der Waals surface area contributed by atoms with Crippen LogP contribution < -0.4 is 10.2 Å². The van der Waals surface area contributed by atoms with E-state index in [1.165, 1.54) is 5.56 Å². The van der Waals surface area contributed by atoms with Crippen LogP contribution in [0.2, 0.25) is 0 Å². The molecule has 2 N–H and O–H groups in total. The number of aromatic nitrogens is 1. The number of nitrogens with one attached hydrogen (secondary N) is 1. The predicted molar refractivity (Wildman–Crippen MR) is 115 cm³/mol. The van der Waals surface area contributed by atoms with E-state index in [0.717, 1.165) is 48.9 Å². The maximum absolute atomic E-state index is 8.36. The van der Waals surface area contributed by atoms with E-state index in [4.69, 9.17) is 49.4 Å². The van der Waals surface area contributed by atoms with Crippen molar-refractivity contribution < 1.29 is 14.6 Å². The number of nitrogens with zero attached hydrogens (tertiary/aromatic N) is 2. The highest BCUT2D eigenvalue weighted by molar-refractivity contribution is 6.67. The van der Waals surface area contributed by atoms with Crippen molar-refractivity contribution in [3.05, 3.63) is 42.1 Å². The average Bonchev–Trinajstić information content (AvgIpc) is 2.68. The Morgan fingerprint density at radius 3 is 2.57 bits per heavy atom. The zero-order valence-corrected chi connectivity index (χ0v) is 17.6. The molecule has 1 aromatic carbocycles. The van der Waals surface area contributed by atoms with Gasteiger partial charge in [0.25, 0.3) is 6.47 Å². The number of aryl methyl sites for hydroxylation is 1. The first kappa shape index (κ1) is 22.6. The number of ether oxygens (including phenoxy) is 1. The first-order chi connectivity index (χ1) is 13.3. The Hall–Kier alpha value is -1.73. The number of morpholine rings is 1. The van der Waals surface area contributed by atoms with E-state index in [-0.39, 0.29) is 13.0 Å². The number of carbonyl (C=O) groups is 1. The van der Waals surface area contributed by atoms with Crippen molar-refractivity contribution in [1.29, 1.82) is 0 Å². The summed E-state index contributed by atoms with van der Waals surface area (Å²) < 4.78 is 4.09. The standard InChI is InChI=1S/C18H20Cl3N3O.CH2O2/c1-13-2-3-15(23-12-18(19,20)21)11-16(13)14-4-5-22-17(10-14)24-6-8-25-9-7-24;2-1-3/h2-5,10-11,23H,6-9,12H2,1H3;1H,(H,2,3). The average molecular weight is 447 g/mol. The number of pyridine rings is 1. The maximum atomic E-state index is 8.36. The quantitative estimate of drug-likeness (QED) is 0.536. The maximum Gasteiger partial charge on any atom is 0.290 e. The molecule has 0 bridgehead atoms. The highest BCUT2D eigenvalue weighted by Gasteiger charge is 2.19. The third-order valence-electron chi connectivity index (χ3n) is 4.12. The van der Waals surface area contributed by atoms with Crippen molar-refractivity contribution >= 4 is 52.8 Å². The van der Waals surface area contributed by atoms with Gasteiger partial charge in [0, 0.05) is 25.0 Å². The molecule has 9 heteroatoms. The van der Waals surface area contributed by atoms with Crippen molar-refractivity contribution in [2.45, 2.75) is 10.7 Å². The van der Waals surface area contributed by atoms with Gasteiger partial charge in [0.2, 0.25) is 3.79 Å². The van der Waals surface area contributed by atoms with Crippen LogP contribution in [0.15, 0.2) is 36.5 Å². The molecule has 0 spiro atoms. The number of hydrogen-bond donors (Lipinski definition) is 2. The summed E-state index contributed by atoms with van der Waals surface area (Å²) in [6.45, 7) is 5.28. The van der Waals surface area contributed by atoms with Gasteiger partial charge in [-0.05, 0) is 47.9 Å². The van der Waals surface area contributed by atoms with E-state index in [1.54, 1.807) is 0 Å². The number of halogens is 3. The van der Waals surface area contributed by atoms with Gasteiger partial charge < -0.3 is 20.1 Å². The minimum absolute atomic E-state index is 0.246.